The zero-order chi connectivity index (χ0) is 22.3. The Morgan fingerprint density at radius 1 is 1.45 bits per heavy atom. The largest absolute Gasteiger partial charge is 0.477 e. The number of aromatic nitrogens is 3. The average Bonchev–Trinajstić information content (AvgIpc) is 3.35. The number of carboxylic acid groups (broad SMARTS) is 1. The first-order valence-corrected chi connectivity index (χ1v) is 11.4. The first-order chi connectivity index (χ1) is 14.8. The number of carboxylic acids is 1. The van der Waals surface area contributed by atoms with Gasteiger partial charge in [-0.05, 0) is 24.4 Å². The molecule has 0 radical (unpaired) electrons. The van der Waals surface area contributed by atoms with E-state index in [1.54, 1.807) is 0 Å². The number of hydrogen-bond donors (Lipinski definition) is 4. The quantitative estimate of drug-likeness (QED) is 0.192. The Bertz CT molecular complexity index is 1130. The second-order valence-corrected chi connectivity index (χ2v) is 9.58. The molecule has 0 spiro atoms. The van der Waals surface area contributed by atoms with Crippen molar-refractivity contribution in [3.63, 3.8) is 0 Å². The van der Waals surface area contributed by atoms with Gasteiger partial charge in [0.05, 0.1) is 6.04 Å². The maximum absolute atomic E-state index is 12.7. The number of nitrogens with one attached hydrogen (secondary N) is 1. The van der Waals surface area contributed by atoms with E-state index in [9.17, 15) is 24.7 Å². The summed E-state index contributed by atoms with van der Waals surface area (Å²) in [5, 5.41) is 24.8. The molecule has 162 valence electrons. The molecule has 2 aromatic rings. The van der Waals surface area contributed by atoms with Crippen LogP contribution in [0.2, 0.25) is 4.34 Å². The Morgan fingerprint density at radius 2 is 2.23 bits per heavy atom. The van der Waals surface area contributed by atoms with Crippen LogP contribution in [-0.4, -0.2) is 65.1 Å². The first kappa shape index (κ1) is 21.5. The minimum absolute atomic E-state index is 0.0492. The van der Waals surface area contributed by atoms with Crippen molar-refractivity contribution >= 4 is 74.9 Å². The number of nitrogen functional groups attached to an aromatic ring is 1. The topological polar surface area (TPSA) is 184 Å². The van der Waals surface area contributed by atoms with Crippen LogP contribution < -0.4 is 11.1 Å². The number of fused-ring (bicyclic) bond motifs is 1. The Balaban J connectivity index is 1.53. The lowest BCUT2D eigenvalue weighted by atomic mass is 9.86. The maximum atomic E-state index is 12.7. The molecular weight excluding hydrogens is 490 g/mol. The molecule has 12 nitrogen and oxygen atoms in total. The summed E-state index contributed by atoms with van der Waals surface area (Å²) in [6.07, 6.45) is 0.775. The molecule has 1 fully saturated rings. The lowest BCUT2D eigenvalue weighted by Gasteiger charge is -2.49. The highest BCUT2D eigenvalue weighted by Crippen LogP contribution is 2.42. The number of carbonyl (C=O) groups excluding carboxylic acids is 2. The standard InChI is InChI=1S/C15H12ClN7O5S3/c16-10-7(20-14(17)31-10)8(21-28)11(24)19-6-4-1-2-5(30-15-18-3-29-22-15)9(13(26)27)23(4)12(6)25/h3-4,6,28H,1-2H2,(H2,17,20)(H,19,24)(H,26,27)/b21-8-/t4-,6?/m1/s1. The summed E-state index contributed by atoms with van der Waals surface area (Å²) in [6, 6.07) is -1.55. The summed E-state index contributed by atoms with van der Waals surface area (Å²) in [5.41, 5.74) is 6.30. The predicted octanol–water partition coefficient (Wildman–Crippen LogP) is 0.986. The highest BCUT2D eigenvalue weighted by atomic mass is 35.5. The Labute approximate surface area is 191 Å². The molecular formula is C15H12ClN7O5S3. The molecule has 2 aliphatic rings. The van der Waals surface area contributed by atoms with Crippen LogP contribution >= 0.6 is 46.2 Å². The van der Waals surface area contributed by atoms with E-state index in [1.807, 2.05) is 0 Å². The molecule has 0 aromatic carbocycles. The summed E-state index contributed by atoms with van der Waals surface area (Å²) in [4.78, 5) is 46.7. The van der Waals surface area contributed by atoms with Crippen LogP contribution in [0.15, 0.2) is 26.4 Å². The van der Waals surface area contributed by atoms with Gasteiger partial charge >= 0.3 is 5.97 Å². The zero-order valence-electron chi connectivity index (χ0n) is 15.2. The van der Waals surface area contributed by atoms with Gasteiger partial charge in [-0.1, -0.05) is 39.9 Å². The second-order valence-electron chi connectivity index (χ2n) is 6.28. The summed E-state index contributed by atoms with van der Waals surface area (Å²) in [5.74, 6) is -2.75. The maximum Gasteiger partial charge on any atom is 0.353 e. The Hall–Kier alpha value is -2.75. The number of rotatable bonds is 6. The van der Waals surface area contributed by atoms with Crippen LogP contribution in [0.3, 0.4) is 0 Å². The minimum atomic E-state index is -1.26. The number of oxime groups is 1. The molecule has 5 N–H and O–H groups in total. The Kier molecular flexibility index (Phi) is 5.83. The molecule has 0 saturated carbocycles. The van der Waals surface area contributed by atoms with E-state index in [1.165, 1.54) is 5.51 Å². The van der Waals surface area contributed by atoms with Crippen molar-refractivity contribution in [3.05, 3.63) is 26.1 Å². The first-order valence-electron chi connectivity index (χ1n) is 8.50. The zero-order valence-corrected chi connectivity index (χ0v) is 18.4. The molecule has 4 rings (SSSR count). The molecule has 0 bridgehead atoms. The van der Waals surface area contributed by atoms with Crippen LogP contribution in [0.25, 0.3) is 0 Å². The smallest absolute Gasteiger partial charge is 0.353 e. The number of allylic oxidation sites excluding steroid dienone is 1. The van der Waals surface area contributed by atoms with Gasteiger partial charge in [0.1, 0.15) is 27.3 Å². The molecule has 2 amide bonds. The van der Waals surface area contributed by atoms with Gasteiger partial charge in [-0.15, -0.1) is 0 Å². The number of anilines is 1. The van der Waals surface area contributed by atoms with Crippen molar-refractivity contribution in [1.29, 1.82) is 0 Å². The number of thioether (sulfide) groups is 1. The number of nitrogens with zero attached hydrogens (tertiary/aromatic N) is 5. The van der Waals surface area contributed by atoms with Gasteiger partial charge in [0, 0.05) is 4.91 Å². The molecule has 2 aromatic heterocycles. The van der Waals surface area contributed by atoms with Gasteiger partial charge in [-0.2, -0.15) is 4.37 Å². The fourth-order valence-corrected chi connectivity index (χ4v) is 5.75. The monoisotopic (exact) mass is 501 g/mol. The van der Waals surface area contributed by atoms with Crippen molar-refractivity contribution in [2.45, 2.75) is 30.1 Å². The summed E-state index contributed by atoms with van der Waals surface area (Å²) >= 11 is 9.08. The molecule has 2 aliphatic heterocycles. The number of aliphatic carboxylic acids is 1. The van der Waals surface area contributed by atoms with E-state index in [4.69, 9.17) is 17.3 Å². The van der Waals surface area contributed by atoms with Gasteiger partial charge in [0.15, 0.2) is 10.8 Å². The number of carbonyl (C=O) groups is 3. The van der Waals surface area contributed by atoms with E-state index in [-0.39, 0.29) is 20.9 Å². The Morgan fingerprint density at radius 3 is 2.81 bits per heavy atom. The van der Waals surface area contributed by atoms with Crippen molar-refractivity contribution in [1.82, 2.24) is 24.6 Å². The van der Waals surface area contributed by atoms with E-state index < -0.39 is 35.6 Å². The number of β-lactam (4-membered cyclic amide) rings is 1. The number of halogens is 1. The minimum Gasteiger partial charge on any atom is -0.477 e. The number of thiazole rings is 1. The van der Waals surface area contributed by atoms with Crippen LogP contribution in [0.1, 0.15) is 18.5 Å². The third-order valence-electron chi connectivity index (χ3n) is 4.58. The van der Waals surface area contributed by atoms with Crippen molar-refractivity contribution in [2.24, 2.45) is 5.16 Å². The summed E-state index contributed by atoms with van der Waals surface area (Å²) in [7, 11) is 0. The average molecular weight is 502 g/mol. The molecule has 4 heterocycles. The highest BCUT2D eigenvalue weighted by Gasteiger charge is 2.54. The summed E-state index contributed by atoms with van der Waals surface area (Å²) in [6.45, 7) is 0. The van der Waals surface area contributed by atoms with Crippen LogP contribution in [0.5, 0.6) is 0 Å². The second kappa shape index (κ2) is 8.41. The van der Waals surface area contributed by atoms with E-state index in [2.05, 4.69) is 24.8 Å². The number of amides is 2. The lowest BCUT2D eigenvalue weighted by molar-refractivity contribution is -0.155. The van der Waals surface area contributed by atoms with Gasteiger partial charge < -0.3 is 21.4 Å². The van der Waals surface area contributed by atoms with Crippen molar-refractivity contribution < 1.29 is 24.7 Å². The van der Waals surface area contributed by atoms with Crippen molar-refractivity contribution in [3.8, 4) is 0 Å². The molecule has 1 saturated heterocycles. The van der Waals surface area contributed by atoms with Crippen molar-refractivity contribution in [2.75, 3.05) is 5.73 Å². The third kappa shape index (κ3) is 3.84. The normalized spacial score (nSPS) is 21.0. The molecule has 31 heavy (non-hydrogen) atoms. The molecule has 1 unspecified atom stereocenters. The van der Waals surface area contributed by atoms with Gasteiger partial charge in [-0.3, -0.25) is 14.5 Å². The highest BCUT2D eigenvalue weighted by molar-refractivity contribution is 8.03. The van der Waals surface area contributed by atoms with Crippen LogP contribution in [0, 0.1) is 0 Å². The van der Waals surface area contributed by atoms with Crippen LogP contribution in [0.4, 0.5) is 5.13 Å². The predicted molar refractivity (Wildman–Crippen MR) is 112 cm³/mol. The van der Waals surface area contributed by atoms with Crippen LogP contribution in [-0.2, 0) is 14.4 Å². The van der Waals surface area contributed by atoms with E-state index in [0.717, 1.165) is 39.5 Å². The molecule has 16 heteroatoms. The number of hydrogen-bond acceptors (Lipinski definition) is 12. The molecule has 0 aliphatic carbocycles. The number of nitrogens with two attached hydrogens (primary N) is 1. The van der Waals surface area contributed by atoms with Gasteiger partial charge in [-0.25, -0.2) is 14.8 Å². The van der Waals surface area contributed by atoms with Gasteiger partial charge in [0.2, 0.25) is 5.16 Å². The molecule has 2 atom stereocenters. The summed E-state index contributed by atoms with van der Waals surface area (Å²) < 4.78 is 4.10. The lowest BCUT2D eigenvalue weighted by Crippen LogP contribution is -2.72. The van der Waals surface area contributed by atoms with E-state index >= 15 is 0 Å². The van der Waals surface area contributed by atoms with Gasteiger partial charge in [0.25, 0.3) is 11.8 Å². The van der Waals surface area contributed by atoms with E-state index in [0.29, 0.717) is 22.9 Å². The fourth-order valence-electron chi connectivity index (χ4n) is 3.32. The SMILES string of the molecule is Nc1nc(/C(=N/O)C(=O)NC2C(=O)N3C(C(=O)O)=C(Sc4ncsn4)CC[C@H]23)c(Cl)s1. The fraction of sp³-hybridized carbons (Fsp3) is 0.267. The third-order valence-corrected chi connectivity index (χ3v) is 7.28.